The highest BCUT2D eigenvalue weighted by Gasteiger charge is 2.21. The van der Waals surface area contributed by atoms with Crippen LogP contribution in [0.4, 0.5) is 14.9 Å². The normalized spacial score (nSPS) is 15.8. The molecule has 0 saturated carbocycles. The average Bonchev–Trinajstić information content (AvgIpc) is 3.19. The SMILES string of the molecule is CCc1cc(F)cc(-c2cc(OCN=[N+]=[N-])ccc2NC(=O)OCCC2CCCN2C)c1. The van der Waals surface area contributed by atoms with E-state index in [0.717, 1.165) is 31.4 Å². The fourth-order valence-corrected chi connectivity index (χ4v) is 3.88. The Morgan fingerprint density at radius 2 is 2.19 bits per heavy atom. The minimum absolute atomic E-state index is 0.177. The standard InChI is InChI=1S/C23H28FN5O3/c1-3-16-11-17(13-18(24)12-16)21-14-20(32-15-26-28-25)6-7-22(21)27-23(30)31-10-8-19-5-4-9-29(19)2/h6-7,11-14,19H,3-5,8-10,15H2,1-2H3,(H,27,30). The van der Waals surface area contributed by atoms with Gasteiger partial charge in [-0.25, -0.2) is 9.18 Å². The van der Waals surface area contributed by atoms with Gasteiger partial charge in [0.2, 0.25) is 0 Å². The third kappa shape index (κ3) is 6.35. The van der Waals surface area contributed by atoms with Gasteiger partial charge in [0.1, 0.15) is 11.6 Å². The number of azide groups is 1. The van der Waals surface area contributed by atoms with Gasteiger partial charge >= 0.3 is 6.09 Å². The molecule has 1 fully saturated rings. The number of anilines is 1. The van der Waals surface area contributed by atoms with E-state index >= 15 is 0 Å². The zero-order chi connectivity index (χ0) is 22.9. The number of benzene rings is 2. The zero-order valence-corrected chi connectivity index (χ0v) is 18.4. The van der Waals surface area contributed by atoms with E-state index in [1.165, 1.54) is 12.1 Å². The first-order valence-corrected chi connectivity index (χ1v) is 10.7. The molecule has 170 valence electrons. The van der Waals surface area contributed by atoms with E-state index in [0.29, 0.717) is 41.6 Å². The topological polar surface area (TPSA) is 99.6 Å². The van der Waals surface area contributed by atoms with E-state index in [1.807, 2.05) is 13.0 Å². The van der Waals surface area contributed by atoms with Gasteiger partial charge in [-0.3, -0.25) is 5.32 Å². The van der Waals surface area contributed by atoms with Gasteiger partial charge in [0.15, 0.2) is 6.73 Å². The number of carbonyl (C=O) groups excluding carboxylic acids is 1. The molecular weight excluding hydrogens is 413 g/mol. The fourth-order valence-electron chi connectivity index (χ4n) is 3.88. The molecule has 2 aromatic carbocycles. The zero-order valence-electron chi connectivity index (χ0n) is 18.4. The van der Waals surface area contributed by atoms with Gasteiger partial charge in [-0.2, -0.15) is 0 Å². The van der Waals surface area contributed by atoms with Crippen LogP contribution in [-0.2, 0) is 11.2 Å². The van der Waals surface area contributed by atoms with Crippen molar-refractivity contribution < 1.29 is 18.7 Å². The molecule has 1 saturated heterocycles. The first-order valence-electron chi connectivity index (χ1n) is 10.7. The van der Waals surface area contributed by atoms with Crippen LogP contribution in [0.25, 0.3) is 21.6 Å². The smallest absolute Gasteiger partial charge is 0.411 e. The number of ether oxygens (including phenoxy) is 2. The quantitative estimate of drug-likeness (QED) is 0.305. The van der Waals surface area contributed by atoms with Gasteiger partial charge in [0, 0.05) is 16.5 Å². The molecule has 1 N–H and O–H groups in total. The lowest BCUT2D eigenvalue weighted by Crippen LogP contribution is -2.27. The Bertz CT molecular complexity index is 994. The number of likely N-dealkylation sites (tertiary alicyclic amines) is 1. The third-order valence-corrected chi connectivity index (χ3v) is 5.61. The Labute approximate surface area is 186 Å². The van der Waals surface area contributed by atoms with Crippen LogP contribution in [0.1, 0.15) is 31.7 Å². The summed E-state index contributed by atoms with van der Waals surface area (Å²) in [6, 6.07) is 10.1. The molecule has 1 amide bonds. The lowest BCUT2D eigenvalue weighted by atomic mass is 9.99. The number of hydrogen-bond donors (Lipinski definition) is 1. The van der Waals surface area contributed by atoms with Crippen LogP contribution in [-0.4, -0.2) is 44.0 Å². The number of nitrogens with one attached hydrogen (secondary N) is 1. The monoisotopic (exact) mass is 441 g/mol. The number of hydrogen-bond acceptors (Lipinski definition) is 5. The van der Waals surface area contributed by atoms with Crippen LogP contribution in [0, 0.1) is 5.82 Å². The molecule has 1 unspecified atom stereocenters. The Morgan fingerprint density at radius 1 is 1.34 bits per heavy atom. The van der Waals surface area contributed by atoms with Gasteiger partial charge < -0.3 is 14.4 Å². The summed E-state index contributed by atoms with van der Waals surface area (Å²) < 4.78 is 25.0. The molecule has 8 nitrogen and oxygen atoms in total. The lowest BCUT2D eigenvalue weighted by molar-refractivity contribution is 0.147. The summed E-state index contributed by atoms with van der Waals surface area (Å²) >= 11 is 0. The predicted octanol–water partition coefficient (Wildman–Crippen LogP) is 5.73. The molecule has 1 atom stereocenters. The van der Waals surface area contributed by atoms with E-state index < -0.39 is 6.09 Å². The van der Waals surface area contributed by atoms with E-state index in [4.69, 9.17) is 15.0 Å². The molecule has 0 aliphatic carbocycles. The summed E-state index contributed by atoms with van der Waals surface area (Å²) in [6.07, 6.45) is 3.16. The van der Waals surface area contributed by atoms with Gasteiger partial charge in [0.05, 0.1) is 12.3 Å². The third-order valence-electron chi connectivity index (χ3n) is 5.61. The summed E-state index contributed by atoms with van der Waals surface area (Å²) in [4.78, 5) is 17.4. The van der Waals surface area contributed by atoms with Crippen LogP contribution in [0.15, 0.2) is 41.5 Å². The highest BCUT2D eigenvalue weighted by atomic mass is 19.1. The molecule has 2 aromatic rings. The molecule has 0 radical (unpaired) electrons. The van der Waals surface area contributed by atoms with Crippen molar-refractivity contribution in [1.29, 1.82) is 0 Å². The van der Waals surface area contributed by atoms with Crippen molar-refractivity contribution in [2.45, 2.75) is 38.6 Å². The maximum atomic E-state index is 14.2. The van der Waals surface area contributed by atoms with Gasteiger partial charge in [-0.1, -0.05) is 18.1 Å². The molecule has 1 aliphatic rings. The van der Waals surface area contributed by atoms with E-state index in [-0.39, 0.29) is 12.5 Å². The Hall–Kier alpha value is -3.29. The second kappa shape index (κ2) is 11.4. The molecule has 3 rings (SSSR count). The van der Waals surface area contributed by atoms with E-state index in [9.17, 15) is 9.18 Å². The Kier molecular flexibility index (Phi) is 8.30. The molecular formula is C23H28FN5O3. The molecule has 1 heterocycles. The number of carbonyl (C=O) groups is 1. The van der Waals surface area contributed by atoms with Crippen molar-refractivity contribution in [2.75, 3.05) is 32.2 Å². The summed E-state index contributed by atoms with van der Waals surface area (Å²) in [5.41, 5.74) is 10.9. The number of nitrogens with zero attached hydrogens (tertiary/aromatic N) is 4. The van der Waals surface area contributed by atoms with E-state index in [1.54, 1.807) is 18.2 Å². The van der Waals surface area contributed by atoms with E-state index in [2.05, 4.69) is 27.3 Å². The van der Waals surface area contributed by atoms with Gasteiger partial charge in [0.25, 0.3) is 0 Å². The maximum Gasteiger partial charge on any atom is 0.411 e. The Morgan fingerprint density at radius 3 is 2.91 bits per heavy atom. The molecule has 0 bridgehead atoms. The molecule has 9 heteroatoms. The molecule has 0 spiro atoms. The average molecular weight is 442 g/mol. The summed E-state index contributed by atoms with van der Waals surface area (Å²) in [7, 11) is 2.08. The van der Waals surface area contributed by atoms with Crippen LogP contribution in [0.2, 0.25) is 0 Å². The lowest BCUT2D eigenvalue weighted by Gasteiger charge is -2.19. The first-order chi connectivity index (χ1) is 15.5. The Balaban J connectivity index is 1.77. The molecule has 0 aromatic heterocycles. The van der Waals surface area contributed by atoms with Crippen molar-refractivity contribution in [3.05, 3.63) is 58.2 Å². The summed E-state index contributed by atoms with van der Waals surface area (Å²) in [5, 5.41) is 6.12. The second-order valence-electron chi connectivity index (χ2n) is 7.74. The number of rotatable bonds is 9. The van der Waals surface area contributed by atoms with Crippen molar-refractivity contribution in [1.82, 2.24) is 4.90 Å². The van der Waals surface area contributed by atoms with Crippen molar-refractivity contribution >= 4 is 11.8 Å². The predicted molar refractivity (Wildman–Crippen MR) is 121 cm³/mol. The highest BCUT2D eigenvalue weighted by molar-refractivity contribution is 5.92. The van der Waals surface area contributed by atoms with Crippen molar-refractivity contribution in [3.8, 4) is 16.9 Å². The molecule has 32 heavy (non-hydrogen) atoms. The van der Waals surface area contributed by atoms with Gasteiger partial charge in [-0.15, -0.1) is 0 Å². The molecule has 1 aliphatic heterocycles. The van der Waals surface area contributed by atoms with Crippen LogP contribution >= 0.6 is 0 Å². The van der Waals surface area contributed by atoms with Crippen LogP contribution < -0.4 is 10.1 Å². The van der Waals surface area contributed by atoms with Gasteiger partial charge in [-0.05, 0) is 86.3 Å². The van der Waals surface area contributed by atoms with Crippen molar-refractivity contribution in [2.24, 2.45) is 5.11 Å². The maximum absolute atomic E-state index is 14.2. The highest BCUT2D eigenvalue weighted by Crippen LogP contribution is 2.33. The first kappa shape index (κ1) is 23.4. The largest absolute Gasteiger partial charge is 0.487 e. The number of aryl methyl sites for hydroxylation is 1. The number of halogens is 1. The van der Waals surface area contributed by atoms with Crippen LogP contribution in [0.5, 0.6) is 5.75 Å². The summed E-state index contributed by atoms with van der Waals surface area (Å²) in [6.45, 7) is 3.16. The number of amides is 1. The summed E-state index contributed by atoms with van der Waals surface area (Å²) in [5.74, 6) is 0.0619. The fraction of sp³-hybridized carbons (Fsp3) is 0.435. The minimum Gasteiger partial charge on any atom is -0.487 e. The second-order valence-corrected chi connectivity index (χ2v) is 7.74. The minimum atomic E-state index is -0.568. The van der Waals surface area contributed by atoms with Crippen molar-refractivity contribution in [3.63, 3.8) is 0 Å². The van der Waals surface area contributed by atoms with Crippen LogP contribution in [0.3, 0.4) is 0 Å².